The lowest BCUT2D eigenvalue weighted by Gasteiger charge is -2.21. The summed E-state index contributed by atoms with van der Waals surface area (Å²) in [5.41, 5.74) is 2.84. The number of aryl methyl sites for hydroxylation is 2. The molecule has 23 heavy (non-hydrogen) atoms. The first kappa shape index (κ1) is 16.4. The molecule has 126 valence electrons. The van der Waals surface area contributed by atoms with Crippen LogP contribution in [0.5, 0.6) is 5.75 Å². The Kier molecular flexibility index (Phi) is 5.95. The molecular formula is C20H29NO2. The second kappa shape index (κ2) is 8.37. The lowest BCUT2D eigenvalue weighted by atomic mass is 9.92. The van der Waals surface area contributed by atoms with E-state index in [1.807, 2.05) is 6.07 Å². The van der Waals surface area contributed by atoms with Crippen LogP contribution in [0.2, 0.25) is 0 Å². The first-order valence-electron chi connectivity index (χ1n) is 9.35. The third kappa shape index (κ3) is 4.98. The lowest BCUT2D eigenvalue weighted by molar-refractivity contribution is -0.123. The molecule has 0 saturated heterocycles. The number of amides is 1. The number of rotatable bonds is 4. The van der Waals surface area contributed by atoms with Gasteiger partial charge < -0.3 is 10.1 Å². The number of carbonyl (C=O) groups is 1. The van der Waals surface area contributed by atoms with Crippen LogP contribution in [0.1, 0.15) is 68.9 Å². The van der Waals surface area contributed by atoms with Crippen LogP contribution in [0, 0.1) is 0 Å². The summed E-state index contributed by atoms with van der Waals surface area (Å²) in [6.07, 6.45) is 13.5. The van der Waals surface area contributed by atoms with Gasteiger partial charge in [0.15, 0.2) is 6.61 Å². The van der Waals surface area contributed by atoms with Crippen molar-refractivity contribution in [2.24, 2.45) is 0 Å². The second-order valence-corrected chi connectivity index (χ2v) is 7.04. The average Bonchev–Trinajstić information content (AvgIpc) is 2.55. The number of hydrogen-bond acceptors (Lipinski definition) is 2. The fourth-order valence-electron chi connectivity index (χ4n) is 3.82. The Morgan fingerprint density at radius 3 is 2.43 bits per heavy atom. The summed E-state index contributed by atoms with van der Waals surface area (Å²) in [5.74, 6) is 0.853. The van der Waals surface area contributed by atoms with Crippen molar-refractivity contribution < 1.29 is 9.53 Å². The Hall–Kier alpha value is -1.51. The molecular weight excluding hydrogens is 286 g/mol. The maximum atomic E-state index is 12.1. The van der Waals surface area contributed by atoms with Gasteiger partial charge in [0.2, 0.25) is 0 Å². The van der Waals surface area contributed by atoms with Crippen molar-refractivity contribution in [1.29, 1.82) is 0 Å². The standard InChI is InChI=1S/C20H29NO2/c22-20(21-18-10-4-2-1-3-5-11-18)15-23-19-13-12-16-8-6-7-9-17(16)14-19/h12-14,18H,1-11,15H2,(H,21,22). The molecule has 1 N–H and O–H groups in total. The molecule has 3 nitrogen and oxygen atoms in total. The van der Waals surface area contributed by atoms with Crippen molar-refractivity contribution in [2.45, 2.75) is 76.7 Å². The van der Waals surface area contributed by atoms with E-state index in [4.69, 9.17) is 4.74 Å². The molecule has 1 amide bonds. The molecule has 0 bridgehead atoms. The van der Waals surface area contributed by atoms with Crippen LogP contribution < -0.4 is 10.1 Å². The van der Waals surface area contributed by atoms with Crippen molar-refractivity contribution >= 4 is 5.91 Å². The zero-order valence-corrected chi connectivity index (χ0v) is 14.1. The maximum Gasteiger partial charge on any atom is 0.258 e. The molecule has 3 heteroatoms. The van der Waals surface area contributed by atoms with Crippen molar-refractivity contribution in [2.75, 3.05) is 6.61 Å². The van der Waals surface area contributed by atoms with Crippen LogP contribution in [0.3, 0.4) is 0 Å². The van der Waals surface area contributed by atoms with E-state index in [9.17, 15) is 4.79 Å². The van der Waals surface area contributed by atoms with Gasteiger partial charge in [-0.15, -0.1) is 0 Å². The van der Waals surface area contributed by atoms with E-state index in [0.29, 0.717) is 6.04 Å². The van der Waals surface area contributed by atoms with Gasteiger partial charge in [-0.05, 0) is 61.8 Å². The highest BCUT2D eigenvalue weighted by Crippen LogP contribution is 2.25. The number of benzene rings is 1. The Labute approximate surface area is 139 Å². The quantitative estimate of drug-likeness (QED) is 0.905. The minimum absolute atomic E-state index is 0.0216. The molecule has 0 heterocycles. The summed E-state index contributed by atoms with van der Waals surface area (Å²) in [4.78, 5) is 12.1. The highest BCUT2D eigenvalue weighted by molar-refractivity contribution is 5.77. The van der Waals surface area contributed by atoms with Crippen LogP contribution in [-0.2, 0) is 17.6 Å². The number of nitrogens with one attached hydrogen (secondary N) is 1. The summed E-state index contributed by atoms with van der Waals surface area (Å²) >= 11 is 0. The zero-order chi connectivity index (χ0) is 15.9. The molecule has 1 fully saturated rings. The van der Waals surface area contributed by atoms with E-state index in [1.165, 1.54) is 62.5 Å². The summed E-state index contributed by atoms with van der Waals surface area (Å²) in [6, 6.07) is 6.64. The highest BCUT2D eigenvalue weighted by Gasteiger charge is 2.15. The molecule has 2 aliphatic rings. The molecule has 2 aliphatic carbocycles. The molecule has 0 atom stereocenters. The van der Waals surface area contributed by atoms with Gasteiger partial charge in [-0.2, -0.15) is 0 Å². The number of fused-ring (bicyclic) bond motifs is 1. The molecule has 0 aliphatic heterocycles. The number of hydrogen-bond donors (Lipinski definition) is 1. The average molecular weight is 315 g/mol. The van der Waals surface area contributed by atoms with Gasteiger partial charge in [-0.25, -0.2) is 0 Å². The van der Waals surface area contributed by atoms with E-state index in [-0.39, 0.29) is 12.5 Å². The summed E-state index contributed by atoms with van der Waals surface area (Å²) in [6.45, 7) is 0.134. The molecule has 3 rings (SSSR count). The Bertz CT molecular complexity index is 518. The number of ether oxygens (including phenoxy) is 1. The number of carbonyl (C=O) groups excluding carboxylic acids is 1. The summed E-state index contributed by atoms with van der Waals surface area (Å²) in [7, 11) is 0. The van der Waals surface area contributed by atoms with E-state index >= 15 is 0 Å². The van der Waals surface area contributed by atoms with Gasteiger partial charge in [0, 0.05) is 6.04 Å². The van der Waals surface area contributed by atoms with Crippen LogP contribution in [0.4, 0.5) is 0 Å². The largest absolute Gasteiger partial charge is 0.484 e. The fraction of sp³-hybridized carbons (Fsp3) is 0.650. The second-order valence-electron chi connectivity index (χ2n) is 7.04. The molecule has 1 saturated carbocycles. The first-order valence-corrected chi connectivity index (χ1v) is 9.35. The zero-order valence-electron chi connectivity index (χ0n) is 14.1. The van der Waals surface area contributed by atoms with Gasteiger partial charge in [-0.1, -0.05) is 38.2 Å². The van der Waals surface area contributed by atoms with E-state index in [1.54, 1.807) is 0 Å². The van der Waals surface area contributed by atoms with Gasteiger partial charge >= 0.3 is 0 Å². The summed E-state index contributed by atoms with van der Waals surface area (Å²) < 4.78 is 5.72. The van der Waals surface area contributed by atoms with Crippen molar-refractivity contribution in [3.05, 3.63) is 29.3 Å². The van der Waals surface area contributed by atoms with Crippen molar-refractivity contribution in [3.8, 4) is 5.75 Å². The Balaban J connectivity index is 1.46. The SMILES string of the molecule is O=C(COc1ccc2c(c1)CCCC2)NC1CCCCCCC1. The van der Waals surface area contributed by atoms with Crippen LogP contribution >= 0.6 is 0 Å². The van der Waals surface area contributed by atoms with Gasteiger partial charge in [-0.3, -0.25) is 4.79 Å². The smallest absolute Gasteiger partial charge is 0.258 e. The van der Waals surface area contributed by atoms with Crippen LogP contribution in [0.15, 0.2) is 18.2 Å². The van der Waals surface area contributed by atoms with Crippen LogP contribution in [0.25, 0.3) is 0 Å². The van der Waals surface area contributed by atoms with E-state index < -0.39 is 0 Å². The monoisotopic (exact) mass is 315 g/mol. The van der Waals surface area contributed by atoms with Crippen LogP contribution in [-0.4, -0.2) is 18.6 Å². The van der Waals surface area contributed by atoms with E-state index in [0.717, 1.165) is 25.0 Å². The summed E-state index contributed by atoms with van der Waals surface area (Å²) in [5, 5.41) is 3.16. The molecule has 0 unspecified atom stereocenters. The lowest BCUT2D eigenvalue weighted by Crippen LogP contribution is -2.38. The normalized spacial score (nSPS) is 19.3. The third-order valence-electron chi connectivity index (χ3n) is 5.16. The predicted molar refractivity (Wildman–Crippen MR) is 92.8 cm³/mol. The molecule has 0 radical (unpaired) electrons. The first-order chi connectivity index (χ1) is 11.3. The minimum Gasteiger partial charge on any atom is -0.484 e. The third-order valence-corrected chi connectivity index (χ3v) is 5.16. The van der Waals surface area contributed by atoms with E-state index in [2.05, 4.69) is 17.4 Å². The molecule has 0 aromatic heterocycles. The van der Waals surface area contributed by atoms with Gasteiger partial charge in [0.05, 0.1) is 0 Å². The maximum absolute atomic E-state index is 12.1. The molecule has 0 spiro atoms. The Morgan fingerprint density at radius 1 is 0.957 bits per heavy atom. The van der Waals surface area contributed by atoms with Gasteiger partial charge in [0.25, 0.3) is 5.91 Å². The van der Waals surface area contributed by atoms with Crippen molar-refractivity contribution in [3.63, 3.8) is 0 Å². The Morgan fingerprint density at radius 2 is 1.65 bits per heavy atom. The fourth-order valence-corrected chi connectivity index (χ4v) is 3.82. The topological polar surface area (TPSA) is 38.3 Å². The van der Waals surface area contributed by atoms with Crippen molar-refractivity contribution in [1.82, 2.24) is 5.32 Å². The van der Waals surface area contributed by atoms with Gasteiger partial charge in [0.1, 0.15) is 5.75 Å². The predicted octanol–water partition coefficient (Wildman–Crippen LogP) is 4.17. The molecule has 1 aromatic carbocycles. The molecule has 1 aromatic rings. The minimum atomic E-state index is 0.0216. The highest BCUT2D eigenvalue weighted by atomic mass is 16.5.